The number of nitrogens with one attached hydrogen (secondary N) is 1. The van der Waals surface area contributed by atoms with Crippen LogP contribution in [0.25, 0.3) is 0 Å². The highest BCUT2D eigenvalue weighted by Gasteiger charge is 2.23. The summed E-state index contributed by atoms with van der Waals surface area (Å²) >= 11 is 0. The van der Waals surface area contributed by atoms with Crippen LogP contribution in [0, 0.1) is 28.5 Å². The van der Waals surface area contributed by atoms with E-state index in [1.807, 2.05) is 0 Å². The Balaban J connectivity index is 3.05. The average molecular weight is 253 g/mol. The molecule has 6 heteroatoms. The molecule has 2 N–H and O–H groups in total. The maximum Gasteiger partial charge on any atom is 0.185 e. The van der Waals surface area contributed by atoms with Gasteiger partial charge in [-0.2, -0.15) is 5.26 Å². The van der Waals surface area contributed by atoms with Gasteiger partial charge in [0.05, 0.1) is 12.4 Å². The number of hydrogen-bond acceptors (Lipinski definition) is 3. The van der Waals surface area contributed by atoms with Gasteiger partial charge >= 0.3 is 0 Å². The molecule has 0 aliphatic carbocycles. The lowest BCUT2D eigenvalue weighted by molar-refractivity contribution is 0.152. The van der Waals surface area contributed by atoms with E-state index >= 15 is 0 Å². The Morgan fingerprint density at radius 1 is 1.56 bits per heavy atom. The molecular formula is C12H13F2N3O. The Morgan fingerprint density at radius 2 is 2.22 bits per heavy atom. The summed E-state index contributed by atoms with van der Waals surface area (Å²) in [4.78, 5) is 0.959. The number of hydrogen-bond donors (Lipinski definition) is 2. The largest absolute Gasteiger partial charge is 0.393 e. The van der Waals surface area contributed by atoms with Gasteiger partial charge in [0.25, 0.3) is 0 Å². The van der Waals surface area contributed by atoms with E-state index in [1.165, 1.54) is 13.0 Å². The highest BCUT2D eigenvalue weighted by Crippen LogP contribution is 2.24. The third kappa shape index (κ3) is 3.25. The van der Waals surface area contributed by atoms with Gasteiger partial charge in [-0.15, -0.1) is 0 Å². The molecule has 4 nitrogen and oxygen atoms in total. The molecule has 0 fully saturated rings. The number of halogens is 2. The van der Waals surface area contributed by atoms with Gasteiger partial charge in [0.1, 0.15) is 11.6 Å². The molecule has 0 amide bonds. The predicted molar refractivity (Wildman–Crippen MR) is 61.9 cm³/mol. The van der Waals surface area contributed by atoms with E-state index in [0.717, 1.165) is 23.4 Å². The van der Waals surface area contributed by atoms with Crippen LogP contribution in [-0.2, 0) is 0 Å². The molecule has 18 heavy (non-hydrogen) atoms. The Kier molecular flexibility index (Phi) is 4.75. The second-order valence-electron chi connectivity index (χ2n) is 3.89. The lowest BCUT2D eigenvalue weighted by atomic mass is 9.93. The van der Waals surface area contributed by atoms with Crippen molar-refractivity contribution in [3.63, 3.8) is 0 Å². The number of benzene rings is 1. The van der Waals surface area contributed by atoms with Crippen molar-refractivity contribution < 1.29 is 13.9 Å². The molecule has 96 valence electrons. The molecule has 0 saturated heterocycles. The monoisotopic (exact) mass is 253 g/mol. The highest BCUT2D eigenvalue weighted by atomic mass is 19.1. The zero-order valence-electron chi connectivity index (χ0n) is 9.77. The van der Waals surface area contributed by atoms with Crippen molar-refractivity contribution in [3.8, 4) is 6.19 Å². The van der Waals surface area contributed by atoms with Gasteiger partial charge in [0.2, 0.25) is 0 Å². The SMILES string of the molecule is C[C@H](O)C(CN(C#N)C=N)c1ccc(F)cc1F. The standard InChI is InChI=1S/C12H13F2N3O/c1-8(18)11(5-17(6-15)7-16)10-3-2-9(13)4-12(10)14/h2-4,6,8,11,15,18H,5H2,1H3/t8-,11?/m0/s1. The third-order valence-electron chi connectivity index (χ3n) is 2.62. The summed E-state index contributed by atoms with van der Waals surface area (Å²) in [5, 5.41) is 25.3. The van der Waals surface area contributed by atoms with Gasteiger partial charge in [-0.05, 0) is 18.6 Å². The summed E-state index contributed by atoms with van der Waals surface area (Å²) in [5.41, 5.74) is 0.119. The maximum atomic E-state index is 13.6. The summed E-state index contributed by atoms with van der Waals surface area (Å²) in [6.45, 7) is 1.41. The number of nitriles is 1. The summed E-state index contributed by atoms with van der Waals surface area (Å²) < 4.78 is 26.4. The molecule has 0 aromatic heterocycles. The zero-order chi connectivity index (χ0) is 13.7. The highest BCUT2D eigenvalue weighted by molar-refractivity contribution is 5.53. The van der Waals surface area contributed by atoms with Gasteiger partial charge < -0.3 is 5.11 Å². The van der Waals surface area contributed by atoms with Crippen molar-refractivity contribution in [2.75, 3.05) is 6.54 Å². The first-order valence-electron chi connectivity index (χ1n) is 5.29. The molecule has 1 aromatic rings. The van der Waals surface area contributed by atoms with E-state index in [4.69, 9.17) is 10.7 Å². The van der Waals surface area contributed by atoms with Crippen molar-refractivity contribution in [3.05, 3.63) is 35.4 Å². The van der Waals surface area contributed by atoms with Crippen molar-refractivity contribution in [1.82, 2.24) is 4.90 Å². The van der Waals surface area contributed by atoms with Crippen LogP contribution in [0.15, 0.2) is 18.2 Å². The lowest BCUT2D eigenvalue weighted by Gasteiger charge is -2.23. The number of aliphatic hydroxyl groups is 1. The summed E-state index contributed by atoms with van der Waals surface area (Å²) in [5.74, 6) is -2.19. The average Bonchev–Trinajstić information content (AvgIpc) is 2.32. The Morgan fingerprint density at radius 3 is 2.67 bits per heavy atom. The van der Waals surface area contributed by atoms with Gasteiger partial charge in [-0.25, -0.2) is 8.78 Å². The molecular weight excluding hydrogens is 240 g/mol. The quantitative estimate of drug-likeness (QED) is 0.364. The van der Waals surface area contributed by atoms with E-state index in [2.05, 4.69) is 0 Å². The van der Waals surface area contributed by atoms with Crippen LogP contribution in [0.1, 0.15) is 18.4 Å². The second kappa shape index (κ2) is 6.07. The first kappa shape index (κ1) is 14.1. The Hall–Kier alpha value is -2.00. The van der Waals surface area contributed by atoms with Crippen LogP contribution in [0.3, 0.4) is 0 Å². The molecule has 0 bridgehead atoms. The van der Waals surface area contributed by atoms with E-state index in [1.54, 1.807) is 6.19 Å². The molecule has 0 spiro atoms. The summed E-state index contributed by atoms with van der Waals surface area (Å²) in [6.07, 6.45) is 1.58. The number of rotatable bonds is 5. The van der Waals surface area contributed by atoms with E-state index in [9.17, 15) is 13.9 Å². The summed E-state index contributed by atoms with van der Waals surface area (Å²) in [6, 6.07) is 3.06. The molecule has 1 rings (SSSR count). The van der Waals surface area contributed by atoms with Gasteiger partial charge in [-0.3, -0.25) is 10.3 Å². The topological polar surface area (TPSA) is 71.1 Å². The van der Waals surface area contributed by atoms with Crippen LogP contribution in [0.4, 0.5) is 8.78 Å². The lowest BCUT2D eigenvalue weighted by Crippen LogP contribution is -2.29. The minimum atomic E-state index is -0.930. The zero-order valence-corrected chi connectivity index (χ0v) is 9.77. The van der Waals surface area contributed by atoms with Crippen molar-refractivity contribution in [2.24, 2.45) is 0 Å². The van der Waals surface area contributed by atoms with Gasteiger partial charge in [0.15, 0.2) is 6.19 Å². The molecule has 1 unspecified atom stereocenters. The fraction of sp³-hybridized carbons (Fsp3) is 0.333. The molecule has 0 aliphatic rings. The maximum absolute atomic E-state index is 13.6. The Labute approximate surface area is 104 Å². The van der Waals surface area contributed by atoms with Crippen molar-refractivity contribution >= 4 is 6.34 Å². The third-order valence-corrected chi connectivity index (χ3v) is 2.62. The molecule has 2 atom stereocenters. The smallest absolute Gasteiger partial charge is 0.185 e. The number of aliphatic hydroxyl groups excluding tert-OH is 1. The molecule has 0 heterocycles. The fourth-order valence-corrected chi connectivity index (χ4v) is 1.65. The minimum Gasteiger partial charge on any atom is -0.393 e. The molecule has 0 radical (unpaired) electrons. The van der Waals surface area contributed by atoms with Gasteiger partial charge in [0, 0.05) is 18.5 Å². The van der Waals surface area contributed by atoms with E-state index in [0.29, 0.717) is 0 Å². The first-order chi connectivity index (χ1) is 8.49. The molecule has 0 saturated carbocycles. The van der Waals surface area contributed by atoms with E-state index in [-0.39, 0.29) is 12.1 Å². The van der Waals surface area contributed by atoms with E-state index < -0.39 is 23.7 Å². The van der Waals surface area contributed by atoms with Gasteiger partial charge in [-0.1, -0.05) is 6.07 Å². The normalized spacial score (nSPS) is 13.5. The van der Waals surface area contributed by atoms with Crippen molar-refractivity contribution in [1.29, 1.82) is 10.7 Å². The number of nitrogens with zero attached hydrogens (tertiary/aromatic N) is 2. The van der Waals surface area contributed by atoms with Crippen LogP contribution in [0.2, 0.25) is 0 Å². The molecule has 0 aliphatic heterocycles. The predicted octanol–water partition coefficient (Wildman–Crippen LogP) is 1.82. The first-order valence-corrected chi connectivity index (χ1v) is 5.29. The van der Waals surface area contributed by atoms with Crippen molar-refractivity contribution in [2.45, 2.75) is 18.9 Å². The minimum absolute atomic E-state index is 0.0414. The van der Waals surface area contributed by atoms with Crippen LogP contribution >= 0.6 is 0 Å². The second-order valence-corrected chi connectivity index (χ2v) is 3.89. The van der Waals surface area contributed by atoms with Crippen LogP contribution in [-0.4, -0.2) is 29.0 Å². The van der Waals surface area contributed by atoms with Crippen LogP contribution in [0.5, 0.6) is 0 Å². The Bertz CT molecular complexity index is 471. The molecule has 1 aromatic carbocycles. The van der Waals surface area contributed by atoms with Crippen LogP contribution < -0.4 is 0 Å². The summed E-state index contributed by atoms with van der Waals surface area (Å²) in [7, 11) is 0. The fourth-order valence-electron chi connectivity index (χ4n) is 1.65.